The van der Waals surface area contributed by atoms with E-state index in [2.05, 4.69) is 11.8 Å². The molecule has 1 saturated heterocycles. The Morgan fingerprint density at radius 3 is 2.62 bits per heavy atom. The summed E-state index contributed by atoms with van der Waals surface area (Å²) in [6, 6.07) is 6.18. The van der Waals surface area contributed by atoms with Crippen molar-refractivity contribution in [3.63, 3.8) is 0 Å². The van der Waals surface area contributed by atoms with Gasteiger partial charge in [-0.25, -0.2) is 0 Å². The minimum absolute atomic E-state index is 0.207. The second-order valence-corrected chi connectivity index (χ2v) is 5.57. The van der Waals surface area contributed by atoms with E-state index in [1.54, 1.807) is 14.2 Å². The summed E-state index contributed by atoms with van der Waals surface area (Å²) in [7, 11) is 3.25. The van der Waals surface area contributed by atoms with Gasteiger partial charge >= 0.3 is 5.97 Å². The lowest BCUT2D eigenvalue weighted by Gasteiger charge is -2.36. The highest BCUT2D eigenvalue weighted by Gasteiger charge is 2.29. The summed E-state index contributed by atoms with van der Waals surface area (Å²) < 4.78 is 10.6. The Hall–Kier alpha value is -1.75. The Kier molecular flexibility index (Phi) is 5.07. The van der Waals surface area contributed by atoms with Gasteiger partial charge in [0, 0.05) is 12.6 Å². The van der Waals surface area contributed by atoms with Crippen LogP contribution in [-0.4, -0.2) is 42.8 Å². The number of aliphatic carboxylic acids is 1. The second-order valence-electron chi connectivity index (χ2n) is 5.57. The predicted molar refractivity (Wildman–Crippen MR) is 79.8 cm³/mol. The SMILES string of the molecule is COc1ccc(CN2CCC(C(=O)O)CC2C)cc1OC. The molecule has 5 heteroatoms. The van der Waals surface area contributed by atoms with E-state index in [0.717, 1.165) is 30.2 Å². The zero-order valence-electron chi connectivity index (χ0n) is 12.8. The van der Waals surface area contributed by atoms with Crippen molar-refractivity contribution in [2.24, 2.45) is 5.92 Å². The van der Waals surface area contributed by atoms with Crippen molar-refractivity contribution in [2.75, 3.05) is 20.8 Å². The number of benzene rings is 1. The number of carboxylic acids is 1. The average Bonchev–Trinajstić information content (AvgIpc) is 2.48. The largest absolute Gasteiger partial charge is 0.493 e. The minimum atomic E-state index is -0.674. The maximum absolute atomic E-state index is 11.1. The van der Waals surface area contributed by atoms with Gasteiger partial charge in [0.1, 0.15) is 0 Å². The van der Waals surface area contributed by atoms with Crippen molar-refractivity contribution in [3.05, 3.63) is 23.8 Å². The summed E-state index contributed by atoms with van der Waals surface area (Å²) in [6.07, 6.45) is 1.43. The molecule has 0 radical (unpaired) electrons. The number of likely N-dealkylation sites (tertiary alicyclic amines) is 1. The van der Waals surface area contributed by atoms with Gasteiger partial charge in [-0.15, -0.1) is 0 Å². The molecule has 0 spiro atoms. The first-order valence-electron chi connectivity index (χ1n) is 7.23. The van der Waals surface area contributed by atoms with Crippen molar-refractivity contribution >= 4 is 5.97 Å². The lowest BCUT2D eigenvalue weighted by atomic mass is 9.91. The Bertz CT molecular complexity index is 503. The van der Waals surface area contributed by atoms with Gasteiger partial charge in [0.15, 0.2) is 11.5 Å². The Morgan fingerprint density at radius 2 is 2.05 bits per heavy atom. The quantitative estimate of drug-likeness (QED) is 0.903. The van der Waals surface area contributed by atoms with Crippen LogP contribution in [0.4, 0.5) is 0 Å². The van der Waals surface area contributed by atoms with Crippen LogP contribution in [0.1, 0.15) is 25.3 Å². The zero-order valence-corrected chi connectivity index (χ0v) is 12.8. The van der Waals surface area contributed by atoms with E-state index in [4.69, 9.17) is 14.6 Å². The number of carbonyl (C=O) groups is 1. The molecule has 5 nitrogen and oxygen atoms in total. The molecule has 0 aromatic heterocycles. The average molecular weight is 293 g/mol. The van der Waals surface area contributed by atoms with E-state index in [1.807, 2.05) is 18.2 Å². The third-order valence-electron chi connectivity index (χ3n) is 4.20. The molecule has 1 heterocycles. The first kappa shape index (κ1) is 15.6. The van der Waals surface area contributed by atoms with E-state index >= 15 is 0 Å². The van der Waals surface area contributed by atoms with E-state index in [0.29, 0.717) is 12.8 Å². The molecule has 1 aliphatic heterocycles. The molecular formula is C16H23NO4. The van der Waals surface area contributed by atoms with Crippen LogP contribution in [0.5, 0.6) is 11.5 Å². The molecule has 1 aromatic rings. The van der Waals surface area contributed by atoms with Crippen LogP contribution in [-0.2, 0) is 11.3 Å². The molecule has 0 amide bonds. The number of rotatable bonds is 5. The molecule has 2 unspecified atom stereocenters. The molecule has 2 atom stereocenters. The van der Waals surface area contributed by atoms with E-state index < -0.39 is 5.97 Å². The fraction of sp³-hybridized carbons (Fsp3) is 0.562. The number of nitrogens with zero attached hydrogens (tertiary/aromatic N) is 1. The predicted octanol–water partition coefficient (Wildman–Crippen LogP) is 2.39. The van der Waals surface area contributed by atoms with Gasteiger partial charge in [-0.05, 0) is 44.0 Å². The maximum Gasteiger partial charge on any atom is 0.306 e. The highest BCUT2D eigenvalue weighted by atomic mass is 16.5. The molecule has 116 valence electrons. The van der Waals surface area contributed by atoms with Crippen LogP contribution >= 0.6 is 0 Å². The van der Waals surface area contributed by atoms with Gasteiger partial charge in [0.25, 0.3) is 0 Å². The van der Waals surface area contributed by atoms with Crippen LogP contribution in [0.3, 0.4) is 0 Å². The lowest BCUT2D eigenvalue weighted by molar-refractivity contribution is -0.144. The Labute approximate surface area is 125 Å². The highest BCUT2D eigenvalue weighted by molar-refractivity contribution is 5.70. The van der Waals surface area contributed by atoms with Crippen molar-refractivity contribution in [3.8, 4) is 11.5 Å². The smallest absolute Gasteiger partial charge is 0.306 e. The Balaban J connectivity index is 2.03. The fourth-order valence-corrected chi connectivity index (χ4v) is 2.89. The van der Waals surface area contributed by atoms with Crippen LogP contribution in [0.25, 0.3) is 0 Å². The molecule has 1 aliphatic rings. The standard InChI is InChI=1S/C16H23NO4/c1-11-8-13(16(18)19)6-7-17(11)10-12-4-5-14(20-2)15(9-12)21-3/h4-5,9,11,13H,6-8,10H2,1-3H3,(H,18,19). The number of carboxylic acid groups (broad SMARTS) is 1. The van der Waals surface area contributed by atoms with Crippen LogP contribution in [0.15, 0.2) is 18.2 Å². The maximum atomic E-state index is 11.1. The number of hydrogen-bond donors (Lipinski definition) is 1. The lowest BCUT2D eigenvalue weighted by Crippen LogP contribution is -2.42. The molecule has 1 N–H and O–H groups in total. The molecule has 0 saturated carbocycles. The number of piperidine rings is 1. The molecule has 0 aliphatic carbocycles. The van der Waals surface area contributed by atoms with E-state index in [-0.39, 0.29) is 12.0 Å². The molecule has 2 rings (SSSR count). The van der Waals surface area contributed by atoms with Gasteiger partial charge in [-0.3, -0.25) is 9.69 Å². The van der Waals surface area contributed by atoms with Crippen molar-refractivity contribution in [1.29, 1.82) is 0 Å². The molecule has 1 aromatic carbocycles. The highest BCUT2D eigenvalue weighted by Crippen LogP contribution is 2.30. The Morgan fingerprint density at radius 1 is 1.33 bits per heavy atom. The molecule has 1 fully saturated rings. The molecular weight excluding hydrogens is 270 g/mol. The summed E-state index contributed by atoms with van der Waals surface area (Å²) in [6.45, 7) is 3.70. The van der Waals surface area contributed by atoms with E-state index in [1.165, 1.54) is 0 Å². The number of methoxy groups -OCH3 is 2. The van der Waals surface area contributed by atoms with E-state index in [9.17, 15) is 4.79 Å². The third kappa shape index (κ3) is 3.67. The summed E-state index contributed by atoms with van der Waals surface area (Å²) in [4.78, 5) is 13.4. The normalized spacial score (nSPS) is 22.8. The number of ether oxygens (including phenoxy) is 2. The van der Waals surface area contributed by atoms with Crippen LogP contribution < -0.4 is 9.47 Å². The first-order chi connectivity index (χ1) is 10.0. The topological polar surface area (TPSA) is 59.0 Å². The summed E-state index contributed by atoms with van der Waals surface area (Å²) in [5.41, 5.74) is 1.15. The molecule has 21 heavy (non-hydrogen) atoms. The van der Waals surface area contributed by atoms with Crippen LogP contribution in [0, 0.1) is 5.92 Å². The monoisotopic (exact) mass is 293 g/mol. The fourth-order valence-electron chi connectivity index (χ4n) is 2.89. The van der Waals surface area contributed by atoms with Gasteiger partial charge in [-0.2, -0.15) is 0 Å². The summed E-state index contributed by atoms with van der Waals surface area (Å²) >= 11 is 0. The number of hydrogen-bond acceptors (Lipinski definition) is 4. The van der Waals surface area contributed by atoms with Crippen LogP contribution in [0.2, 0.25) is 0 Å². The zero-order chi connectivity index (χ0) is 15.4. The summed E-state index contributed by atoms with van der Waals surface area (Å²) in [5.74, 6) is 0.566. The second kappa shape index (κ2) is 6.80. The third-order valence-corrected chi connectivity index (χ3v) is 4.20. The van der Waals surface area contributed by atoms with Crippen molar-refractivity contribution in [1.82, 2.24) is 4.90 Å². The first-order valence-corrected chi connectivity index (χ1v) is 7.23. The summed E-state index contributed by atoms with van der Waals surface area (Å²) in [5, 5.41) is 9.11. The van der Waals surface area contributed by atoms with Gasteiger partial charge in [0.2, 0.25) is 0 Å². The van der Waals surface area contributed by atoms with Crippen molar-refractivity contribution in [2.45, 2.75) is 32.4 Å². The van der Waals surface area contributed by atoms with Gasteiger partial charge in [-0.1, -0.05) is 6.07 Å². The minimum Gasteiger partial charge on any atom is -0.493 e. The van der Waals surface area contributed by atoms with Crippen molar-refractivity contribution < 1.29 is 19.4 Å². The van der Waals surface area contributed by atoms with Gasteiger partial charge < -0.3 is 14.6 Å². The molecule has 0 bridgehead atoms. The van der Waals surface area contributed by atoms with Gasteiger partial charge in [0.05, 0.1) is 20.1 Å².